The molecule has 97 heavy (non-hydrogen) atoms. The largest absolute Gasteiger partial charge is 0.310 e. The molecule has 0 aliphatic rings. The summed E-state index contributed by atoms with van der Waals surface area (Å²) >= 11 is 0. The minimum Gasteiger partial charge on any atom is -0.310 e. The highest BCUT2D eigenvalue weighted by Crippen LogP contribution is 2.44. The molecule has 0 unspecified atom stereocenters. The normalized spacial score (nSPS) is 11.3. The number of benzene rings is 15. The van der Waals surface area contributed by atoms with E-state index in [1.54, 1.807) is 0 Å². The van der Waals surface area contributed by atoms with E-state index in [9.17, 15) is 0 Å². The minimum absolute atomic E-state index is 0.843. The SMILES string of the molecule is c1ccc(-n2c(-c3cc(-c4nc5ccccc5n4-c4ccccc4)cc(-c4nc5ccccc5n4-c4ccccc4)c3)nc3ccccc32)cc1.c1ccc(N(c2ccc(-c3ccc(N(c4ccccc4)c4cccc5ccccc45)cc3)cc2)c2cccc3ccccc23)cc1. The van der Waals surface area contributed by atoms with Gasteiger partial charge < -0.3 is 9.80 Å². The van der Waals surface area contributed by atoms with Gasteiger partial charge in [-0.2, -0.15) is 0 Å². The Bertz CT molecular complexity index is 5310. The highest BCUT2D eigenvalue weighted by molar-refractivity contribution is 6.01. The lowest BCUT2D eigenvalue weighted by Gasteiger charge is -2.27. The molecule has 0 fully saturated rings. The number of hydrogen-bond acceptors (Lipinski definition) is 5. The van der Waals surface area contributed by atoms with Crippen LogP contribution in [0.15, 0.2) is 376 Å². The molecule has 0 saturated carbocycles. The van der Waals surface area contributed by atoms with E-state index >= 15 is 0 Å². The van der Waals surface area contributed by atoms with E-state index < -0.39 is 0 Å². The van der Waals surface area contributed by atoms with Crippen LogP contribution in [0, 0.1) is 0 Å². The molecule has 3 aromatic heterocycles. The molecule has 15 aromatic carbocycles. The molecule has 18 rings (SSSR count). The Morgan fingerprint density at radius 2 is 0.474 bits per heavy atom. The van der Waals surface area contributed by atoms with Crippen LogP contribution >= 0.6 is 0 Å². The summed E-state index contributed by atoms with van der Waals surface area (Å²) in [5.41, 5.74) is 21.1. The summed E-state index contributed by atoms with van der Waals surface area (Å²) in [5.74, 6) is 2.53. The fraction of sp³-hybridized carbons (Fsp3) is 0. The Hall–Kier alpha value is -13.2. The van der Waals surface area contributed by atoms with Gasteiger partial charge in [0.05, 0.1) is 44.5 Å². The van der Waals surface area contributed by atoms with Gasteiger partial charge in [0.2, 0.25) is 0 Å². The number of fused-ring (bicyclic) bond motifs is 5. The van der Waals surface area contributed by atoms with Gasteiger partial charge in [0.1, 0.15) is 17.5 Å². The van der Waals surface area contributed by atoms with Crippen LogP contribution in [0.5, 0.6) is 0 Å². The van der Waals surface area contributed by atoms with Crippen molar-refractivity contribution in [3.05, 3.63) is 376 Å². The maximum absolute atomic E-state index is 5.28. The van der Waals surface area contributed by atoms with Crippen LogP contribution in [0.4, 0.5) is 34.1 Å². The van der Waals surface area contributed by atoms with Crippen molar-refractivity contribution in [1.29, 1.82) is 0 Å². The first kappa shape index (κ1) is 57.7. The van der Waals surface area contributed by atoms with Crippen molar-refractivity contribution in [2.45, 2.75) is 0 Å². The molecule has 0 atom stereocenters. The summed E-state index contributed by atoms with van der Waals surface area (Å²) in [6, 6.07) is 132. The van der Waals surface area contributed by atoms with Crippen molar-refractivity contribution in [1.82, 2.24) is 28.7 Å². The molecular weight excluding hydrogens is 1180 g/mol. The number of imidazole rings is 3. The summed E-state index contributed by atoms with van der Waals surface area (Å²) in [7, 11) is 0. The maximum Gasteiger partial charge on any atom is 0.145 e. The number of rotatable bonds is 13. The predicted molar refractivity (Wildman–Crippen MR) is 403 cm³/mol. The van der Waals surface area contributed by atoms with Crippen LogP contribution in [0.1, 0.15) is 0 Å². The molecule has 0 saturated heterocycles. The second kappa shape index (κ2) is 25.4. The van der Waals surface area contributed by atoms with Crippen molar-refractivity contribution in [3.63, 3.8) is 0 Å². The molecule has 0 aliphatic carbocycles. The quantitative estimate of drug-likeness (QED) is 0.115. The summed E-state index contributed by atoms with van der Waals surface area (Å²) in [6.07, 6.45) is 0. The lowest BCUT2D eigenvalue weighted by molar-refractivity contribution is 1.09. The average molecular weight is 1240 g/mol. The van der Waals surface area contributed by atoms with Crippen molar-refractivity contribution < 1.29 is 0 Å². The van der Waals surface area contributed by atoms with Gasteiger partial charge >= 0.3 is 0 Å². The molecule has 0 N–H and O–H groups in total. The topological polar surface area (TPSA) is 59.9 Å². The van der Waals surface area contributed by atoms with E-state index in [4.69, 9.17) is 15.0 Å². The molecular formula is C89H62N8. The summed E-state index contributed by atoms with van der Waals surface area (Å²) in [5, 5.41) is 4.90. The van der Waals surface area contributed by atoms with Crippen molar-refractivity contribution in [2.75, 3.05) is 9.80 Å². The molecule has 0 amide bonds. The predicted octanol–water partition coefficient (Wildman–Crippen LogP) is 23.3. The van der Waals surface area contributed by atoms with Gasteiger partial charge in [0.25, 0.3) is 0 Å². The third-order valence-corrected chi connectivity index (χ3v) is 18.1. The summed E-state index contributed by atoms with van der Waals surface area (Å²) < 4.78 is 6.75. The van der Waals surface area contributed by atoms with E-state index in [1.165, 1.54) is 32.7 Å². The summed E-state index contributed by atoms with van der Waals surface area (Å²) in [6.45, 7) is 0. The van der Waals surface area contributed by atoms with Gasteiger partial charge in [-0.3, -0.25) is 13.7 Å². The van der Waals surface area contributed by atoms with E-state index in [0.29, 0.717) is 0 Å². The van der Waals surface area contributed by atoms with E-state index in [-0.39, 0.29) is 0 Å². The van der Waals surface area contributed by atoms with Gasteiger partial charge in [-0.15, -0.1) is 0 Å². The lowest BCUT2D eigenvalue weighted by atomic mass is 10.0. The molecule has 0 spiro atoms. The average Bonchev–Trinajstić information content (AvgIpc) is 1.63. The van der Waals surface area contributed by atoms with Crippen LogP contribution in [0.3, 0.4) is 0 Å². The lowest BCUT2D eigenvalue weighted by Crippen LogP contribution is -2.10. The maximum atomic E-state index is 5.28. The molecule has 8 nitrogen and oxygen atoms in total. The second-order valence-corrected chi connectivity index (χ2v) is 24.0. The smallest absolute Gasteiger partial charge is 0.145 e. The van der Waals surface area contributed by atoms with Crippen molar-refractivity contribution in [2.24, 2.45) is 0 Å². The van der Waals surface area contributed by atoms with Crippen molar-refractivity contribution >= 4 is 88.8 Å². The zero-order chi connectivity index (χ0) is 64.4. The third kappa shape index (κ3) is 11.0. The Morgan fingerprint density at radius 1 is 0.206 bits per heavy atom. The number of aromatic nitrogens is 6. The number of para-hydroxylation sites is 11. The number of anilines is 6. The van der Waals surface area contributed by atoms with Crippen LogP contribution in [-0.4, -0.2) is 28.7 Å². The van der Waals surface area contributed by atoms with Gasteiger partial charge in [-0.1, -0.05) is 224 Å². The van der Waals surface area contributed by atoms with E-state index in [2.05, 4.69) is 363 Å². The fourth-order valence-electron chi connectivity index (χ4n) is 13.6. The highest BCUT2D eigenvalue weighted by Gasteiger charge is 2.24. The van der Waals surface area contributed by atoms with Crippen LogP contribution < -0.4 is 9.80 Å². The first-order valence-electron chi connectivity index (χ1n) is 32.7. The second-order valence-electron chi connectivity index (χ2n) is 24.0. The Kier molecular flexibility index (Phi) is 15.1. The number of hydrogen-bond donors (Lipinski definition) is 0. The molecule has 18 aromatic rings. The monoisotopic (exact) mass is 1240 g/mol. The van der Waals surface area contributed by atoms with Crippen LogP contribution in [-0.2, 0) is 0 Å². The zero-order valence-corrected chi connectivity index (χ0v) is 52.9. The Balaban J connectivity index is 0.000000147. The van der Waals surface area contributed by atoms with Crippen LogP contribution in [0.2, 0.25) is 0 Å². The van der Waals surface area contributed by atoms with Crippen molar-refractivity contribution in [3.8, 4) is 62.4 Å². The standard InChI is InChI=1S/C45H30N6.C44H32N2/c1-4-16-34(17-5-1)49-40-25-13-10-22-37(40)46-43(49)31-28-32(44-47-38-23-11-14-26-41(38)50(44)35-18-6-2-7-19-35)30-33(29-31)45-48-39-24-12-15-27-42(39)51(45)36-20-8-3-9-21-36;1-3-17-37(18-4-1)45(43-23-11-15-35-13-7-9-21-41(35)43)39-29-25-33(26-30-39)34-27-31-40(32-28-34)46(38-19-5-2-6-20-38)44-24-12-16-36-14-8-10-22-42(36)44/h1-30H;1-32H. The van der Waals surface area contributed by atoms with Crippen LogP contribution in [0.25, 0.3) is 117 Å². The van der Waals surface area contributed by atoms with Gasteiger partial charge in [-0.05, 0) is 174 Å². The molecule has 8 heteroatoms. The molecule has 0 bridgehead atoms. The Labute approximate surface area is 562 Å². The molecule has 3 heterocycles. The molecule has 0 aliphatic heterocycles. The van der Waals surface area contributed by atoms with E-state index in [0.717, 1.165) is 118 Å². The Morgan fingerprint density at radius 3 is 0.814 bits per heavy atom. The fourth-order valence-corrected chi connectivity index (χ4v) is 13.6. The van der Waals surface area contributed by atoms with Gasteiger partial charge in [0.15, 0.2) is 0 Å². The van der Waals surface area contributed by atoms with Gasteiger partial charge in [-0.25, -0.2) is 15.0 Å². The van der Waals surface area contributed by atoms with Gasteiger partial charge in [0, 0.05) is 67.3 Å². The zero-order valence-electron chi connectivity index (χ0n) is 52.9. The number of nitrogens with zero attached hydrogens (tertiary/aromatic N) is 8. The summed E-state index contributed by atoms with van der Waals surface area (Å²) in [4.78, 5) is 20.5. The first-order chi connectivity index (χ1) is 48.1. The molecule has 0 radical (unpaired) electrons. The first-order valence-corrected chi connectivity index (χ1v) is 32.7. The molecule has 458 valence electrons. The van der Waals surface area contributed by atoms with E-state index in [1.807, 2.05) is 36.4 Å². The highest BCUT2D eigenvalue weighted by atomic mass is 15.2. The minimum atomic E-state index is 0.843. The third-order valence-electron chi connectivity index (χ3n) is 18.1.